The molecular formula is C23H22N2O6. The molecule has 0 aliphatic heterocycles. The molecule has 0 aliphatic rings. The van der Waals surface area contributed by atoms with Gasteiger partial charge in [-0.1, -0.05) is 12.1 Å². The lowest BCUT2D eigenvalue weighted by Crippen LogP contribution is -2.18. The van der Waals surface area contributed by atoms with Crippen LogP contribution in [-0.2, 0) is 4.74 Å². The molecule has 0 aliphatic carbocycles. The van der Waals surface area contributed by atoms with Crippen LogP contribution in [0.1, 0.15) is 33.4 Å². The molecule has 0 radical (unpaired) electrons. The number of hydrazone groups is 1. The number of hydrogen-bond acceptors (Lipinski definition) is 7. The first kappa shape index (κ1) is 21.6. The lowest BCUT2D eigenvalue weighted by Gasteiger charge is -2.08. The van der Waals surface area contributed by atoms with Crippen molar-refractivity contribution in [2.24, 2.45) is 5.10 Å². The highest BCUT2D eigenvalue weighted by molar-refractivity contribution is 5.97. The third-order valence-electron chi connectivity index (χ3n) is 4.30. The van der Waals surface area contributed by atoms with Gasteiger partial charge < -0.3 is 18.6 Å². The van der Waals surface area contributed by atoms with Gasteiger partial charge >= 0.3 is 5.97 Å². The number of nitrogens with zero attached hydrogens (tertiary/aromatic N) is 1. The van der Waals surface area contributed by atoms with E-state index in [0.717, 1.165) is 5.56 Å². The van der Waals surface area contributed by atoms with Gasteiger partial charge in [-0.3, -0.25) is 4.79 Å². The Balaban J connectivity index is 1.68. The summed E-state index contributed by atoms with van der Waals surface area (Å²) in [6.07, 6.45) is 1.38. The van der Waals surface area contributed by atoms with Gasteiger partial charge in [0.05, 0.1) is 38.2 Å². The van der Waals surface area contributed by atoms with Crippen LogP contribution in [0.2, 0.25) is 0 Å². The van der Waals surface area contributed by atoms with Crippen molar-refractivity contribution in [3.8, 4) is 22.8 Å². The molecule has 1 heterocycles. The van der Waals surface area contributed by atoms with E-state index in [2.05, 4.69) is 10.5 Å². The summed E-state index contributed by atoms with van der Waals surface area (Å²) in [4.78, 5) is 24.3. The molecule has 0 fully saturated rings. The van der Waals surface area contributed by atoms with Crippen molar-refractivity contribution in [3.63, 3.8) is 0 Å². The Morgan fingerprint density at radius 3 is 2.65 bits per heavy atom. The molecule has 0 atom stereocenters. The molecule has 0 unspecified atom stereocenters. The number of nitrogens with one attached hydrogen (secondary N) is 1. The average molecular weight is 422 g/mol. The molecule has 1 amide bonds. The Hall–Kier alpha value is -4.07. The molecule has 0 spiro atoms. The minimum Gasteiger partial charge on any atom is -0.497 e. The number of carbonyl (C=O) groups is 2. The molecule has 0 saturated carbocycles. The number of esters is 1. The second kappa shape index (κ2) is 10.1. The Morgan fingerprint density at radius 1 is 1.06 bits per heavy atom. The number of carbonyl (C=O) groups excluding carboxylic acids is 2. The lowest BCUT2D eigenvalue weighted by atomic mass is 10.1. The van der Waals surface area contributed by atoms with E-state index in [-0.39, 0.29) is 0 Å². The highest BCUT2D eigenvalue weighted by atomic mass is 16.5. The van der Waals surface area contributed by atoms with Crippen molar-refractivity contribution in [1.82, 2.24) is 5.43 Å². The highest BCUT2D eigenvalue weighted by Crippen LogP contribution is 2.25. The number of amides is 1. The largest absolute Gasteiger partial charge is 0.497 e. The van der Waals surface area contributed by atoms with Crippen LogP contribution in [-0.4, -0.2) is 38.9 Å². The van der Waals surface area contributed by atoms with Gasteiger partial charge in [-0.15, -0.1) is 0 Å². The van der Waals surface area contributed by atoms with Gasteiger partial charge in [-0.25, -0.2) is 10.2 Å². The Bertz CT molecular complexity index is 1100. The topological polar surface area (TPSA) is 99.4 Å². The van der Waals surface area contributed by atoms with E-state index in [1.807, 2.05) is 6.07 Å². The molecule has 1 N–H and O–H groups in total. The first-order valence-corrected chi connectivity index (χ1v) is 9.48. The van der Waals surface area contributed by atoms with Crippen LogP contribution in [0.3, 0.4) is 0 Å². The molecule has 0 saturated heterocycles. The smallest absolute Gasteiger partial charge is 0.338 e. The Morgan fingerprint density at radius 2 is 1.90 bits per heavy atom. The van der Waals surface area contributed by atoms with Gasteiger partial charge in [-0.2, -0.15) is 5.10 Å². The molecule has 0 bridgehead atoms. The number of furan rings is 1. The van der Waals surface area contributed by atoms with Crippen molar-refractivity contribution in [2.75, 3.05) is 20.8 Å². The third kappa shape index (κ3) is 5.30. The molecular weight excluding hydrogens is 400 g/mol. The number of rotatable bonds is 8. The second-order valence-corrected chi connectivity index (χ2v) is 6.27. The maximum Gasteiger partial charge on any atom is 0.338 e. The molecule has 3 rings (SSSR count). The van der Waals surface area contributed by atoms with Crippen LogP contribution in [0.4, 0.5) is 0 Å². The van der Waals surface area contributed by atoms with Crippen molar-refractivity contribution >= 4 is 18.1 Å². The number of ether oxygens (including phenoxy) is 3. The summed E-state index contributed by atoms with van der Waals surface area (Å²) in [7, 11) is 3.00. The molecule has 160 valence electrons. The van der Waals surface area contributed by atoms with Crippen LogP contribution in [0.25, 0.3) is 11.3 Å². The number of benzene rings is 2. The van der Waals surface area contributed by atoms with Gasteiger partial charge in [0.1, 0.15) is 23.0 Å². The fraction of sp³-hybridized carbons (Fsp3) is 0.174. The second-order valence-electron chi connectivity index (χ2n) is 6.27. The Labute approximate surface area is 179 Å². The van der Waals surface area contributed by atoms with E-state index >= 15 is 0 Å². The van der Waals surface area contributed by atoms with Crippen LogP contribution in [0, 0.1) is 0 Å². The molecule has 1 aromatic heterocycles. The predicted molar refractivity (Wildman–Crippen MR) is 115 cm³/mol. The van der Waals surface area contributed by atoms with E-state index in [0.29, 0.717) is 40.8 Å². The fourth-order valence-corrected chi connectivity index (χ4v) is 2.79. The first-order valence-electron chi connectivity index (χ1n) is 9.48. The van der Waals surface area contributed by atoms with Crippen LogP contribution in [0.5, 0.6) is 11.5 Å². The van der Waals surface area contributed by atoms with Crippen molar-refractivity contribution in [1.29, 1.82) is 0 Å². The molecule has 8 heteroatoms. The quantitative estimate of drug-likeness (QED) is 0.336. The third-order valence-corrected chi connectivity index (χ3v) is 4.30. The summed E-state index contributed by atoms with van der Waals surface area (Å²) in [5.74, 6) is 1.09. The van der Waals surface area contributed by atoms with E-state index < -0.39 is 11.9 Å². The zero-order valence-corrected chi connectivity index (χ0v) is 17.4. The summed E-state index contributed by atoms with van der Waals surface area (Å²) in [5.41, 5.74) is 3.91. The highest BCUT2D eigenvalue weighted by Gasteiger charge is 2.13. The molecule has 2 aromatic carbocycles. The monoisotopic (exact) mass is 422 g/mol. The summed E-state index contributed by atoms with van der Waals surface area (Å²) in [5, 5.41) is 3.93. The van der Waals surface area contributed by atoms with Crippen molar-refractivity contribution in [3.05, 3.63) is 71.5 Å². The SMILES string of the molecule is CCOC(=O)c1cccc(-c2ccc(C=NNC(=O)c3ccc(OC)cc3OC)o2)c1. The Kier molecular flexibility index (Phi) is 7.05. The van der Waals surface area contributed by atoms with Gasteiger partial charge in [0.15, 0.2) is 0 Å². The molecule has 8 nitrogen and oxygen atoms in total. The van der Waals surface area contributed by atoms with Gasteiger partial charge in [0, 0.05) is 11.6 Å². The minimum atomic E-state index is -0.440. The van der Waals surface area contributed by atoms with Crippen LogP contribution < -0.4 is 14.9 Å². The van der Waals surface area contributed by atoms with E-state index in [4.69, 9.17) is 18.6 Å². The summed E-state index contributed by atoms with van der Waals surface area (Å²) < 4.78 is 21.1. The zero-order chi connectivity index (χ0) is 22.2. The predicted octanol–water partition coefficient (Wildman–Crippen LogP) is 3.90. The fourth-order valence-electron chi connectivity index (χ4n) is 2.79. The summed E-state index contributed by atoms with van der Waals surface area (Å²) >= 11 is 0. The summed E-state index contributed by atoms with van der Waals surface area (Å²) in [6.45, 7) is 2.06. The van der Waals surface area contributed by atoms with Gasteiger partial charge in [-0.05, 0) is 43.3 Å². The van der Waals surface area contributed by atoms with Crippen LogP contribution in [0.15, 0.2) is 64.1 Å². The van der Waals surface area contributed by atoms with E-state index in [1.165, 1.54) is 20.4 Å². The molecule has 3 aromatic rings. The first-order chi connectivity index (χ1) is 15.0. The average Bonchev–Trinajstić information content (AvgIpc) is 3.27. The van der Waals surface area contributed by atoms with Crippen molar-refractivity contribution in [2.45, 2.75) is 6.92 Å². The summed E-state index contributed by atoms with van der Waals surface area (Å²) in [6, 6.07) is 15.2. The van der Waals surface area contributed by atoms with E-state index in [1.54, 1.807) is 55.5 Å². The minimum absolute atomic E-state index is 0.304. The van der Waals surface area contributed by atoms with Gasteiger partial charge in [0.2, 0.25) is 0 Å². The zero-order valence-electron chi connectivity index (χ0n) is 17.4. The van der Waals surface area contributed by atoms with E-state index in [9.17, 15) is 9.59 Å². The standard InChI is InChI=1S/C23H22N2O6/c1-4-30-23(27)16-7-5-6-15(12-16)20-11-9-18(31-20)14-24-25-22(26)19-10-8-17(28-2)13-21(19)29-3/h5-14H,4H2,1-3H3,(H,25,26). The lowest BCUT2D eigenvalue weighted by molar-refractivity contribution is 0.0526. The maximum absolute atomic E-state index is 12.4. The van der Waals surface area contributed by atoms with Crippen molar-refractivity contribution < 1.29 is 28.2 Å². The number of methoxy groups -OCH3 is 2. The molecule has 31 heavy (non-hydrogen) atoms. The maximum atomic E-state index is 12.4. The normalized spacial score (nSPS) is 10.7. The number of hydrogen-bond donors (Lipinski definition) is 1. The van der Waals surface area contributed by atoms with Gasteiger partial charge in [0.25, 0.3) is 5.91 Å². The van der Waals surface area contributed by atoms with Crippen LogP contribution >= 0.6 is 0 Å².